The number of hydrogen-bond donors (Lipinski definition) is 3. The van der Waals surface area contributed by atoms with Crippen LogP contribution < -0.4 is 5.32 Å². The molecule has 0 saturated carbocycles. The second-order valence-electron chi connectivity index (χ2n) is 10.5. The second kappa shape index (κ2) is 9.28. The van der Waals surface area contributed by atoms with E-state index in [0.717, 1.165) is 54.9 Å². The lowest BCUT2D eigenvalue weighted by Gasteiger charge is -2.17. The van der Waals surface area contributed by atoms with Crippen LogP contribution in [0, 0.1) is 5.41 Å². The minimum Gasteiger partial charge on any atom is -0.353 e. The Morgan fingerprint density at radius 2 is 1.72 bits per heavy atom. The van der Waals surface area contributed by atoms with Gasteiger partial charge in [0, 0.05) is 39.7 Å². The molecule has 8 nitrogen and oxygen atoms in total. The smallest absolute Gasteiger partial charge is 0.229 e. The maximum Gasteiger partial charge on any atom is 0.229 e. The molecule has 0 aliphatic carbocycles. The van der Waals surface area contributed by atoms with Gasteiger partial charge in [-0.25, -0.2) is 0 Å². The molecule has 0 spiro atoms. The van der Waals surface area contributed by atoms with E-state index >= 15 is 0 Å². The third-order valence-electron chi connectivity index (χ3n) is 6.56. The number of pyridine rings is 2. The monoisotopic (exact) mass is 534 g/mol. The van der Waals surface area contributed by atoms with Gasteiger partial charge in [0.1, 0.15) is 5.69 Å². The molecule has 0 atom stereocenters. The quantitative estimate of drug-likeness (QED) is 0.204. The minimum atomic E-state index is -0.505. The van der Waals surface area contributed by atoms with Crippen LogP contribution in [0.25, 0.3) is 54.9 Å². The molecule has 0 fully saturated rings. The zero-order chi connectivity index (χ0) is 27.3. The Morgan fingerprint density at radius 3 is 2.49 bits per heavy atom. The van der Waals surface area contributed by atoms with Gasteiger partial charge < -0.3 is 10.3 Å². The lowest BCUT2D eigenvalue weighted by molar-refractivity contribution is -0.123. The molecule has 39 heavy (non-hydrogen) atoms. The number of aromatic amines is 2. The molecule has 6 aromatic rings. The van der Waals surface area contributed by atoms with Crippen molar-refractivity contribution in [3.8, 4) is 33.1 Å². The van der Waals surface area contributed by atoms with E-state index in [0.29, 0.717) is 10.6 Å². The predicted molar refractivity (Wildman–Crippen MR) is 156 cm³/mol. The summed E-state index contributed by atoms with van der Waals surface area (Å²) in [4.78, 5) is 38.4. The van der Waals surface area contributed by atoms with Gasteiger partial charge in [0.05, 0.1) is 38.5 Å². The fourth-order valence-electron chi connectivity index (χ4n) is 4.42. The van der Waals surface area contributed by atoms with Crippen LogP contribution in [0.1, 0.15) is 37.4 Å². The van der Waals surface area contributed by atoms with Crippen LogP contribution in [-0.2, 0) is 4.79 Å². The van der Waals surface area contributed by atoms with Crippen molar-refractivity contribution in [3.63, 3.8) is 0 Å². The first-order chi connectivity index (χ1) is 18.7. The highest BCUT2D eigenvalue weighted by Gasteiger charge is 2.21. The first-order valence-electron chi connectivity index (χ1n) is 12.5. The highest BCUT2D eigenvalue weighted by atomic mass is 32.1. The number of hydrogen-bond acceptors (Lipinski definition) is 6. The standard InChI is InChI=1S/C30H26N6O2S/c1-16(37)25-7-8-26(39-25)28-21-13-24(34-22(21)9-10-32-28)27-20-12-17(5-6-23(20)35-36-27)18-11-19(15-31-14-18)33-29(38)30(2,3)4/h5-15,34H,1-4H3,(H,33,38)(H,35,36). The molecular weight excluding hydrogens is 508 g/mol. The number of Topliss-reactive ketones (excluding diaryl/α,β-unsaturated/α-hetero) is 1. The molecule has 5 heterocycles. The van der Waals surface area contributed by atoms with Crippen molar-refractivity contribution >= 4 is 50.5 Å². The first kappa shape index (κ1) is 24.7. The summed E-state index contributed by atoms with van der Waals surface area (Å²) in [7, 11) is 0. The van der Waals surface area contributed by atoms with E-state index in [1.54, 1.807) is 25.5 Å². The van der Waals surface area contributed by atoms with Crippen molar-refractivity contribution in [1.82, 2.24) is 25.1 Å². The number of nitrogens with one attached hydrogen (secondary N) is 3. The number of H-pyrrole nitrogens is 2. The number of carbonyl (C=O) groups excluding carboxylic acids is 2. The van der Waals surface area contributed by atoms with E-state index in [4.69, 9.17) is 0 Å². The normalized spacial score (nSPS) is 11.8. The third-order valence-corrected chi connectivity index (χ3v) is 7.76. The Bertz CT molecular complexity index is 1890. The number of anilines is 1. The van der Waals surface area contributed by atoms with E-state index in [1.165, 1.54) is 11.3 Å². The number of ketones is 1. The Balaban J connectivity index is 1.39. The summed E-state index contributed by atoms with van der Waals surface area (Å²) < 4.78 is 0. The molecule has 0 radical (unpaired) electrons. The number of aromatic nitrogens is 5. The molecule has 0 saturated heterocycles. The summed E-state index contributed by atoms with van der Waals surface area (Å²) >= 11 is 1.44. The van der Waals surface area contributed by atoms with Gasteiger partial charge >= 0.3 is 0 Å². The lowest BCUT2D eigenvalue weighted by Crippen LogP contribution is -2.27. The molecule has 1 amide bonds. The minimum absolute atomic E-state index is 0.0456. The second-order valence-corrected chi connectivity index (χ2v) is 11.6. The molecule has 9 heteroatoms. The van der Waals surface area contributed by atoms with Crippen LogP contribution >= 0.6 is 11.3 Å². The molecule has 1 aromatic carbocycles. The summed E-state index contributed by atoms with van der Waals surface area (Å²) in [6.45, 7) is 7.20. The zero-order valence-corrected chi connectivity index (χ0v) is 22.7. The molecule has 0 bridgehead atoms. The number of rotatable bonds is 5. The van der Waals surface area contributed by atoms with Gasteiger partial charge in [0.25, 0.3) is 0 Å². The summed E-state index contributed by atoms with van der Waals surface area (Å²) in [5.41, 5.74) is 6.30. The van der Waals surface area contributed by atoms with E-state index in [9.17, 15) is 9.59 Å². The van der Waals surface area contributed by atoms with Crippen molar-refractivity contribution in [2.45, 2.75) is 27.7 Å². The van der Waals surface area contributed by atoms with Crippen LogP contribution in [0.2, 0.25) is 0 Å². The van der Waals surface area contributed by atoms with Crippen molar-refractivity contribution in [3.05, 3.63) is 72.0 Å². The highest BCUT2D eigenvalue weighted by Crippen LogP contribution is 2.36. The third kappa shape index (κ3) is 4.61. The fraction of sp³-hybridized carbons (Fsp3) is 0.167. The summed E-state index contributed by atoms with van der Waals surface area (Å²) in [6, 6.07) is 15.8. The fourth-order valence-corrected chi connectivity index (χ4v) is 5.33. The van der Waals surface area contributed by atoms with Crippen molar-refractivity contribution in [2.75, 3.05) is 5.32 Å². The molecule has 0 aliphatic heterocycles. The van der Waals surface area contributed by atoms with Gasteiger partial charge in [-0.3, -0.25) is 24.7 Å². The zero-order valence-electron chi connectivity index (χ0n) is 21.9. The van der Waals surface area contributed by atoms with Gasteiger partial charge in [-0.1, -0.05) is 26.8 Å². The van der Waals surface area contributed by atoms with Crippen LogP contribution in [0.3, 0.4) is 0 Å². The maximum atomic E-state index is 12.5. The topological polar surface area (TPSA) is 116 Å². The maximum absolute atomic E-state index is 12.5. The van der Waals surface area contributed by atoms with E-state index in [2.05, 4.69) is 42.6 Å². The van der Waals surface area contributed by atoms with Crippen LogP contribution in [0.5, 0.6) is 0 Å². The van der Waals surface area contributed by atoms with Gasteiger partial charge in [-0.05, 0) is 55.0 Å². The van der Waals surface area contributed by atoms with Crippen molar-refractivity contribution < 1.29 is 9.59 Å². The average Bonchev–Trinajstić information content (AvgIpc) is 3.65. The Kier molecular flexibility index (Phi) is 5.88. The number of carbonyl (C=O) groups is 2. The molecule has 0 unspecified atom stereocenters. The average molecular weight is 535 g/mol. The molecule has 0 aliphatic rings. The molecule has 3 N–H and O–H groups in total. The number of fused-ring (bicyclic) bond motifs is 2. The molecule has 194 valence electrons. The highest BCUT2D eigenvalue weighted by molar-refractivity contribution is 7.17. The molecule has 5 aromatic heterocycles. The SMILES string of the molecule is CC(=O)c1ccc(-c2nccc3[nH]c(-c4n[nH]c5ccc(-c6cncc(NC(=O)C(C)(C)C)c6)cc45)cc23)s1. The van der Waals surface area contributed by atoms with Gasteiger partial charge in [-0.15, -0.1) is 11.3 Å². The van der Waals surface area contributed by atoms with E-state index in [-0.39, 0.29) is 11.7 Å². The summed E-state index contributed by atoms with van der Waals surface area (Å²) in [5.74, 6) is -0.0222. The van der Waals surface area contributed by atoms with Gasteiger partial charge in [-0.2, -0.15) is 5.10 Å². The number of amides is 1. The van der Waals surface area contributed by atoms with Crippen LogP contribution in [0.15, 0.2) is 67.1 Å². The Morgan fingerprint density at radius 1 is 0.897 bits per heavy atom. The van der Waals surface area contributed by atoms with Gasteiger partial charge in [0.15, 0.2) is 5.78 Å². The summed E-state index contributed by atoms with van der Waals surface area (Å²) in [6.07, 6.45) is 5.20. The number of nitrogens with zero attached hydrogens (tertiary/aromatic N) is 3. The van der Waals surface area contributed by atoms with Gasteiger partial charge in [0.2, 0.25) is 5.91 Å². The van der Waals surface area contributed by atoms with Crippen molar-refractivity contribution in [2.24, 2.45) is 5.41 Å². The van der Waals surface area contributed by atoms with E-state index < -0.39 is 5.41 Å². The summed E-state index contributed by atoms with van der Waals surface area (Å²) in [5, 5.41) is 12.6. The Hall–Kier alpha value is -4.63. The number of benzene rings is 1. The Labute approximate surface area is 228 Å². The first-order valence-corrected chi connectivity index (χ1v) is 13.3. The van der Waals surface area contributed by atoms with Crippen LogP contribution in [0.4, 0.5) is 5.69 Å². The number of thiophene rings is 1. The van der Waals surface area contributed by atoms with Crippen LogP contribution in [-0.4, -0.2) is 36.8 Å². The largest absolute Gasteiger partial charge is 0.353 e. The van der Waals surface area contributed by atoms with E-state index in [1.807, 2.05) is 57.2 Å². The molecule has 6 rings (SSSR count). The van der Waals surface area contributed by atoms with Crippen molar-refractivity contribution in [1.29, 1.82) is 0 Å². The lowest BCUT2D eigenvalue weighted by atomic mass is 9.95. The molecular formula is C30H26N6O2S. The predicted octanol–water partition coefficient (Wildman–Crippen LogP) is 7.08.